The average molecular weight is 503 g/mol. The number of nitrogen functional groups attached to an aromatic ring is 1. The van der Waals surface area contributed by atoms with Gasteiger partial charge in [0.05, 0.1) is 6.61 Å². The first-order chi connectivity index (χ1) is 17.1. The van der Waals surface area contributed by atoms with Gasteiger partial charge in [-0.2, -0.15) is 4.98 Å². The van der Waals surface area contributed by atoms with Crippen molar-refractivity contribution in [2.75, 3.05) is 25.5 Å². The molecule has 1 aromatic carbocycles. The number of rotatable bonds is 10. The number of nitrogens with zero attached hydrogens (tertiary/aromatic N) is 3. The number of nitrogens with two attached hydrogens (primary N) is 1. The molecular weight excluding hydrogens is 468 g/mol. The summed E-state index contributed by atoms with van der Waals surface area (Å²) in [5.74, 6) is -0.279. The van der Waals surface area contributed by atoms with Crippen LogP contribution in [0.5, 0.6) is 0 Å². The zero-order chi connectivity index (χ0) is 26.1. The highest BCUT2D eigenvalue weighted by molar-refractivity contribution is 5.69. The van der Waals surface area contributed by atoms with Gasteiger partial charge in [0.25, 0.3) is 0 Å². The summed E-state index contributed by atoms with van der Waals surface area (Å²) in [5.41, 5.74) is 5.34. The third kappa shape index (κ3) is 8.65. The lowest BCUT2D eigenvalue weighted by molar-refractivity contribution is -0.159. The average Bonchev–Trinajstić information content (AvgIpc) is 3.28. The minimum absolute atomic E-state index is 0.0927. The molecule has 3 rings (SSSR count). The summed E-state index contributed by atoms with van der Waals surface area (Å²) in [6.07, 6.45) is 0.960. The van der Waals surface area contributed by atoms with Crippen LogP contribution in [0.15, 0.2) is 47.4 Å². The van der Waals surface area contributed by atoms with Gasteiger partial charge in [0.15, 0.2) is 12.5 Å². The van der Waals surface area contributed by atoms with Gasteiger partial charge in [0, 0.05) is 25.7 Å². The highest BCUT2D eigenvalue weighted by atomic mass is 16.7. The summed E-state index contributed by atoms with van der Waals surface area (Å²) < 4.78 is 23.1. The number of hydrogen-bond donors (Lipinski definition) is 1. The molecule has 2 atom stereocenters. The first-order valence-electron chi connectivity index (χ1n) is 11.9. The Morgan fingerprint density at radius 3 is 2.64 bits per heavy atom. The zero-order valence-corrected chi connectivity index (χ0v) is 20.9. The van der Waals surface area contributed by atoms with E-state index < -0.39 is 35.9 Å². The fourth-order valence-corrected chi connectivity index (χ4v) is 3.49. The standard InChI is InChI=1S/C25H34N4O7/c1-25(2,3)36-24(32)28(15-18-9-5-4-6-10-18)13-8-7-11-21(30)33-17-22-34-16-20(35-22)29-14-12-19(26)27-23(29)31/h4-6,9-10,12,14,20,22H,7-8,11,13,15-17H2,1-3H3,(H2,26,27,31). The first-order valence-corrected chi connectivity index (χ1v) is 11.9. The van der Waals surface area contributed by atoms with Crippen LogP contribution >= 0.6 is 0 Å². The van der Waals surface area contributed by atoms with Crippen LogP contribution in [0.4, 0.5) is 10.6 Å². The fraction of sp³-hybridized carbons (Fsp3) is 0.520. The van der Waals surface area contributed by atoms with Crippen LogP contribution in [0, 0.1) is 0 Å². The molecule has 1 aromatic heterocycles. The molecule has 0 aliphatic carbocycles. The van der Waals surface area contributed by atoms with Crippen molar-refractivity contribution in [1.82, 2.24) is 14.5 Å². The van der Waals surface area contributed by atoms with E-state index in [1.165, 1.54) is 16.8 Å². The van der Waals surface area contributed by atoms with E-state index in [0.29, 0.717) is 25.9 Å². The van der Waals surface area contributed by atoms with Crippen molar-refractivity contribution in [2.24, 2.45) is 0 Å². The van der Waals surface area contributed by atoms with Crippen molar-refractivity contribution < 1.29 is 28.5 Å². The van der Waals surface area contributed by atoms with Crippen LogP contribution in [-0.4, -0.2) is 58.2 Å². The molecule has 0 bridgehead atoms. The Labute approximate surface area is 210 Å². The molecule has 1 aliphatic rings. The number of hydrogen-bond acceptors (Lipinski definition) is 9. The van der Waals surface area contributed by atoms with Gasteiger partial charge in [-0.3, -0.25) is 9.36 Å². The van der Waals surface area contributed by atoms with Gasteiger partial charge in [0.1, 0.15) is 18.0 Å². The number of aromatic nitrogens is 2. The minimum Gasteiger partial charge on any atom is -0.460 e. The van der Waals surface area contributed by atoms with E-state index in [9.17, 15) is 14.4 Å². The molecule has 1 fully saturated rings. The molecule has 2 heterocycles. The molecule has 0 saturated carbocycles. The van der Waals surface area contributed by atoms with Gasteiger partial charge in [-0.05, 0) is 45.2 Å². The van der Waals surface area contributed by atoms with Gasteiger partial charge >= 0.3 is 17.8 Å². The van der Waals surface area contributed by atoms with E-state index in [1.54, 1.807) is 4.90 Å². The molecule has 1 saturated heterocycles. The summed E-state index contributed by atoms with van der Waals surface area (Å²) in [4.78, 5) is 42.1. The van der Waals surface area contributed by atoms with Gasteiger partial charge < -0.3 is 29.6 Å². The van der Waals surface area contributed by atoms with Crippen LogP contribution in [0.25, 0.3) is 0 Å². The predicted octanol–water partition coefficient (Wildman–Crippen LogP) is 2.85. The number of amides is 1. The highest BCUT2D eigenvalue weighted by Crippen LogP contribution is 2.20. The maximum Gasteiger partial charge on any atom is 0.410 e. The first kappa shape index (κ1) is 27.2. The second-order valence-electron chi connectivity index (χ2n) is 9.42. The van der Waals surface area contributed by atoms with E-state index in [-0.39, 0.29) is 25.5 Å². The Hall–Kier alpha value is -3.44. The number of esters is 1. The van der Waals surface area contributed by atoms with Crippen molar-refractivity contribution >= 4 is 17.9 Å². The van der Waals surface area contributed by atoms with E-state index in [1.807, 2.05) is 51.1 Å². The normalized spacial score (nSPS) is 17.5. The van der Waals surface area contributed by atoms with Crippen LogP contribution < -0.4 is 11.4 Å². The third-order valence-corrected chi connectivity index (χ3v) is 5.20. The summed E-state index contributed by atoms with van der Waals surface area (Å²) in [5, 5.41) is 0. The Morgan fingerprint density at radius 1 is 1.19 bits per heavy atom. The lowest BCUT2D eigenvalue weighted by Gasteiger charge is -2.27. The van der Waals surface area contributed by atoms with E-state index in [4.69, 9.17) is 24.7 Å². The number of anilines is 1. The van der Waals surface area contributed by atoms with Crippen LogP contribution in [0.3, 0.4) is 0 Å². The van der Waals surface area contributed by atoms with E-state index >= 15 is 0 Å². The molecule has 1 aliphatic heterocycles. The SMILES string of the molecule is CC(C)(C)OC(=O)N(CCCCC(=O)OCC1OCC(n2ccc(N)nc2=O)O1)Cc1ccccc1. The second-order valence-corrected chi connectivity index (χ2v) is 9.42. The van der Waals surface area contributed by atoms with Crippen molar-refractivity contribution in [2.45, 2.75) is 64.7 Å². The molecular formula is C25H34N4O7. The summed E-state index contributed by atoms with van der Waals surface area (Å²) >= 11 is 0. The number of ether oxygens (including phenoxy) is 4. The second kappa shape index (κ2) is 12.5. The molecule has 2 unspecified atom stereocenters. The van der Waals surface area contributed by atoms with Gasteiger partial charge in [-0.15, -0.1) is 0 Å². The van der Waals surface area contributed by atoms with Crippen molar-refractivity contribution in [3.8, 4) is 0 Å². The number of carbonyl (C=O) groups excluding carboxylic acids is 2. The van der Waals surface area contributed by atoms with Gasteiger partial charge in [-0.1, -0.05) is 30.3 Å². The number of benzene rings is 1. The molecule has 196 valence electrons. The Kier molecular flexibility index (Phi) is 9.43. The molecule has 0 radical (unpaired) electrons. The van der Waals surface area contributed by atoms with E-state index in [2.05, 4.69) is 4.98 Å². The minimum atomic E-state index is -0.781. The summed E-state index contributed by atoms with van der Waals surface area (Å²) in [6.45, 7) is 6.37. The molecule has 36 heavy (non-hydrogen) atoms. The zero-order valence-electron chi connectivity index (χ0n) is 20.9. The topological polar surface area (TPSA) is 135 Å². The Morgan fingerprint density at radius 2 is 1.94 bits per heavy atom. The smallest absolute Gasteiger partial charge is 0.410 e. The third-order valence-electron chi connectivity index (χ3n) is 5.20. The van der Waals surface area contributed by atoms with Crippen molar-refractivity contribution in [3.63, 3.8) is 0 Å². The van der Waals surface area contributed by atoms with E-state index in [0.717, 1.165) is 5.56 Å². The molecule has 11 heteroatoms. The molecule has 2 aromatic rings. The molecule has 0 spiro atoms. The Bertz CT molecular complexity index is 1070. The van der Waals surface area contributed by atoms with Crippen molar-refractivity contribution in [1.29, 1.82) is 0 Å². The molecule has 1 amide bonds. The Balaban J connectivity index is 1.39. The van der Waals surface area contributed by atoms with Crippen molar-refractivity contribution in [3.05, 3.63) is 58.6 Å². The maximum absolute atomic E-state index is 12.7. The van der Waals surface area contributed by atoms with Crippen LogP contribution in [0.1, 0.15) is 51.8 Å². The largest absolute Gasteiger partial charge is 0.460 e. The lowest BCUT2D eigenvalue weighted by Crippen LogP contribution is -2.37. The quantitative estimate of drug-likeness (QED) is 0.384. The molecule has 11 nitrogen and oxygen atoms in total. The molecule has 2 N–H and O–H groups in total. The lowest BCUT2D eigenvalue weighted by atomic mass is 10.2. The van der Waals surface area contributed by atoms with Crippen LogP contribution in [-0.2, 0) is 30.3 Å². The monoisotopic (exact) mass is 502 g/mol. The number of unbranched alkanes of at least 4 members (excludes halogenated alkanes) is 1. The predicted molar refractivity (Wildman–Crippen MR) is 131 cm³/mol. The van der Waals surface area contributed by atoms with Gasteiger partial charge in [-0.25, -0.2) is 9.59 Å². The summed E-state index contributed by atoms with van der Waals surface area (Å²) in [6, 6.07) is 11.2. The highest BCUT2D eigenvalue weighted by Gasteiger charge is 2.29. The maximum atomic E-state index is 12.7. The van der Waals surface area contributed by atoms with Gasteiger partial charge in [0.2, 0.25) is 0 Å². The number of carbonyl (C=O) groups is 2. The summed E-state index contributed by atoms with van der Waals surface area (Å²) in [7, 11) is 0. The fourth-order valence-electron chi connectivity index (χ4n) is 3.49. The van der Waals surface area contributed by atoms with Crippen LogP contribution in [0.2, 0.25) is 0 Å².